The predicted molar refractivity (Wildman–Crippen MR) is 215 cm³/mol. The summed E-state index contributed by atoms with van der Waals surface area (Å²) in [7, 11) is 0. The second-order valence-electron chi connectivity index (χ2n) is 14.9. The zero-order valence-electron chi connectivity index (χ0n) is 29.4. The lowest BCUT2D eigenvalue weighted by atomic mass is 9.51. The van der Waals surface area contributed by atoms with E-state index in [0.29, 0.717) is 0 Å². The first-order valence-corrected chi connectivity index (χ1v) is 19.0. The van der Waals surface area contributed by atoms with Crippen LogP contribution >= 0.6 is 0 Å². The molecule has 1 heterocycles. The van der Waals surface area contributed by atoms with Crippen LogP contribution in [0.4, 0.5) is 11.4 Å². The van der Waals surface area contributed by atoms with Crippen molar-refractivity contribution >= 4 is 16.9 Å². The molecule has 1 aliphatic heterocycles. The number of fused-ring (bicyclic) bond motifs is 16. The summed E-state index contributed by atoms with van der Waals surface area (Å²) in [6.07, 6.45) is 15.7. The van der Waals surface area contributed by atoms with E-state index in [1.807, 2.05) is 0 Å². The average Bonchev–Trinajstić information content (AvgIpc) is 3.83. The molecule has 52 heavy (non-hydrogen) atoms. The van der Waals surface area contributed by atoms with Gasteiger partial charge >= 0.3 is 0 Å². The van der Waals surface area contributed by atoms with Crippen molar-refractivity contribution in [3.63, 3.8) is 0 Å². The van der Waals surface area contributed by atoms with Crippen LogP contribution in [0, 0.1) is 0 Å². The highest BCUT2D eigenvalue weighted by Crippen LogP contribution is 2.68. The molecule has 1 atom stereocenters. The predicted octanol–water partition coefficient (Wildman–Crippen LogP) is 12.4. The number of rotatable bonds is 3. The summed E-state index contributed by atoms with van der Waals surface area (Å²) < 4.78 is 0. The van der Waals surface area contributed by atoms with E-state index in [-0.39, 0.29) is 0 Å². The highest BCUT2D eigenvalue weighted by molar-refractivity contribution is 5.96. The van der Waals surface area contributed by atoms with Gasteiger partial charge in [0.05, 0.1) is 10.8 Å². The van der Waals surface area contributed by atoms with Gasteiger partial charge < -0.3 is 4.90 Å². The highest BCUT2D eigenvalue weighted by atomic mass is 15.2. The zero-order valence-corrected chi connectivity index (χ0v) is 29.4. The van der Waals surface area contributed by atoms with Crippen LogP contribution in [0.2, 0.25) is 0 Å². The van der Waals surface area contributed by atoms with Gasteiger partial charge in [-0.25, -0.2) is 0 Å². The second kappa shape index (κ2) is 11.0. The zero-order chi connectivity index (χ0) is 34.4. The Morgan fingerprint density at radius 3 is 1.92 bits per heavy atom. The Bertz CT molecular complexity index is 2560. The van der Waals surface area contributed by atoms with Crippen LogP contribution in [0.5, 0.6) is 0 Å². The number of benzene rings is 6. The maximum atomic E-state index is 2.60. The molecule has 0 radical (unpaired) electrons. The molecule has 248 valence electrons. The fraction of sp³-hybridized carbons (Fsp3) is 0.137. The third-order valence-corrected chi connectivity index (χ3v) is 12.6. The van der Waals surface area contributed by atoms with E-state index in [0.717, 1.165) is 25.7 Å². The Morgan fingerprint density at radius 2 is 1.19 bits per heavy atom. The molecule has 0 bridgehead atoms. The number of hydrogen-bond donors (Lipinski definition) is 0. The van der Waals surface area contributed by atoms with Crippen LogP contribution in [-0.4, -0.2) is 0 Å². The first-order chi connectivity index (χ1) is 25.8. The standard InChI is InChI=1S/C51H39N/c1-2-3-4-18-35-32-34-17-5-16-29-49(34)52(35)36-30-31-47-48(33-36)51(43-25-12-8-21-39(43)40-22-9-13-26-44(40)51)46-28-15-14-27-45(46)50(47)41-23-10-6-19-37(41)38-20-7-11-24-42(38)50/h3-12,14-25,27-31,33H,2,13,26,32H2,1H3/b4-3-,35-18+. The van der Waals surface area contributed by atoms with E-state index in [4.69, 9.17) is 0 Å². The van der Waals surface area contributed by atoms with Gasteiger partial charge in [-0.2, -0.15) is 0 Å². The van der Waals surface area contributed by atoms with E-state index in [2.05, 4.69) is 182 Å². The van der Waals surface area contributed by atoms with Crippen LogP contribution in [-0.2, 0) is 17.3 Å². The van der Waals surface area contributed by atoms with Gasteiger partial charge in [0, 0.05) is 23.5 Å². The molecule has 1 unspecified atom stereocenters. The quantitative estimate of drug-likeness (QED) is 0.182. The molecule has 0 amide bonds. The van der Waals surface area contributed by atoms with Gasteiger partial charge in [-0.15, -0.1) is 0 Å². The largest absolute Gasteiger partial charge is 0.314 e. The summed E-state index contributed by atoms with van der Waals surface area (Å²) in [5.41, 5.74) is 21.2. The van der Waals surface area contributed by atoms with Crippen LogP contribution in [0.25, 0.3) is 16.7 Å². The van der Waals surface area contributed by atoms with Crippen molar-refractivity contribution in [2.75, 3.05) is 4.90 Å². The number of allylic oxidation sites excluding steroid dienone is 8. The molecule has 1 heteroatoms. The lowest BCUT2D eigenvalue weighted by Gasteiger charge is -2.50. The molecular weight excluding hydrogens is 627 g/mol. The molecule has 0 fully saturated rings. The smallest absolute Gasteiger partial charge is 0.0720 e. The Labute approximate surface area is 306 Å². The first-order valence-electron chi connectivity index (χ1n) is 19.0. The molecule has 0 N–H and O–H groups in total. The molecule has 6 aromatic rings. The SMILES string of the molecule is CC/C=C\C=C1/Cc2ccccc2N1c1ccc2c(c1)C1(C3=C(C=CCC3)c3ccccc31)c1ccccc1C21c2ccccc2-c2ccccc21. The van der Waals surface area contributed by atoms with Gasteiger partial charge in [0.25, 0.3) is 0 Å². The molecule has 11 rings (SSSR count). The molecule has 5 aliphatic rings. The van der Waals surface area contributed by atoms with Gasteiger partial charge in [-0.3, -0.25) is 0 Å². The average molecular weight is 666 g/mol. The third-order valence-electron chi connectivity index (χ3n) is 12.6. The van der Waals surface area contributed by atoms with Gasteiger partial charge in [-0.05, 0) is 116 Å². The lowest BCUT2D eigenvalue weighted by molar-refractivity contribution is 0.605. The van der Waals surface area contributed by atoms with Crippen molar-refractivity contribution in [3.05, 3.63) is 231 Å². The van der Waals surface area contributed by atoms with E-state index >= 15 is 0 Å². The molecular formula is C51H39N. The fourth-order valence-electron chi connectivity index (χ4n) is 10.7. The molecule has 2 spiro atoms. The van der Waals surface area contributed by atoms with Crippen LogP contribution in [0.1, 0.15) is 76.3 Å². The van der Waals surface area contributed by atoms with Crippen LogP contribution in [0.15, 0.2) is 181 Å². The number of hydrogen-bond acceptors (Lipinski definition) is 1. The van der Waals surface area contributed by atoms with Gasteiger partial charge in [0.1, 0.15) is 0 Å². The lowest BCUT2D eigenvalue weighted by Crippen LogP contribution is -2.44. The molecule has 1 nitrogen and oxygen atoms in total. The van der Waals surface area contributed by atoms with Crippen molar-refractivity contribution in [3.8, 4) is 11.1 Å². The third kappa shape index (κ3) is 3.63. The van der Waals surface area contributed by atoms with Crippen molar-refractivity contribution < 1.29 is 0 Å². The van der Waals surface area contributed by atoms with Gasteiger partial charge in [-0.1, -0.05) is 153 Å². The highest BCUT2D eigenvalue weighted by Gasteiger charge is 2.59. The summed E-state index contributed by atoms with van der Waals surface area (Å²) in [6, 6.07) is 53.6. The maximum absolute atomic E-state index is 2.60. The van der Waals surface area contributed by atoms with E-state index < -0.39 is 10.8 Å². The number of para-hydroxylation sites is 1. The van der Waals surface area contributed by atoms with Crippen molar-refractivity contribution in [2.24, 2.45) is 0 Å². The van der Waals surface area contributed by atoms with Crippen LogP contribution in [0.3, 0.4) is 0 Å². The number of anilines is 2. The normalized spacial score (nSPS) is 20.2. The van der Waals surface area contributed by atoms with E-state index in [9.17, 15) is 0 Å². The Kier molecular flexibility index (Phi) is 6.32. The van der Waals surface area contributed by atoms with Crippen LogP contribution < -0.4 is 4.90 Å². The summed E-state index contributed by atoms with van der Waals surface area (Å²) in [6.45, 7) is 2.20. The maximum Gasteiger partial charge on any atom is 0.0720 e. The summed E-state index contributed by atoms with van der Waals surface area (Å²) in [5.74, 6) is 0. The first kappa shape index (κ1) is 29.8. The molecule has 0 saturated heterocycles. The summed E-state index contributed by atoms with van der Waals surface area (Å²) >= 11 is 0. The van der Waals surface area contributed by atoms with Crippen molar-refractivity contribution in [1.29, 1.82) is 0 Å². The second-order valence-corrected chi connectivity index (χ2v) is 14.9. The minimum atomic E-state index is -0.447. The topological polar surface area (TPSA) is 3.24 Å². The minimum absolute atomic E-state index is 0.415. The Balaban J connectivity index is 1.30. The van der Waals surface area contributed by atoms with E-state index in [1.54, 1.807) is 5.57 Å². The van der Waals surface area contributed by atoms with E-state index in [1.165, 1.54) is 83.8 Å². The minimum Gasteiger partial charge on any atom is -0.314 e. The molecule has 0 saturated carbocycles. The summed E-state index contributed by atoms with van der Waals surface area (Å²) in [4.78, 5) is 2.53. The fourth-order valence-corrected chi connectivity index (χ4v) is 10.7. The molecule has 6 aromatic carbocycles. The van der Waals surface area contributed by atoms with Gasteiger partial charge in [0.2, 0.25) is 0 Å². The van der Waals surface area contributed by atoms with Crippen molar-refractivity contribution in [2.45, 2.75) is 43.4 Å². The monoisotopic (exact) mass is 665 g/mol. The Hall–Kier alpha value is -5.92. The molecule has 0 aromatic heterocycles. The van der Waals surface area contributed by atoms with Gasteiger partial charge in [0.15, 0.2) is 0 Å². The Morgan fingerprint density at radius 1 is 0.596 bits per heavy atom. The molecule has 4 aliphatic carbocycles. The summed E-state index contributed by atoms with van der Waals surface area (Å²) in [5, 5.41) is 0. The van der Waals surface area contributed by atoms with Crippen molar-refractivity contribution in [1.82, 2.24) is 0 Å². The number of nitrogens with zero attached hydrogens (tertiary/aromatic N) is 1.